The van der Waals surface area contributed by atoms with Crippen LogP contribution in [0, 0.1) is 0 Å². The summed E-state index contributed by atoms with van der Waals surface area (Å²) in [4.78, 5) is 14.5. The summed E-state index contributed by atoms with van der Waals surface area (Å²) in [5.41, 5.74) is 7.81. The van der Waals surface area contributed by atoms with E-state index in [2.05, 4.69) is 16.4 Å². The Morgan fingerprint density at radius 1 is 1.47 bits per heavy atom. The summed E-state index contributed by atoms with van der Waals surface area (Å²) in [7, 11) is 0. The average Bonchev–Trinajstić information content (AvgIpc) is 2.72. The van der Waals surface area contributed by atoms with Crippen LogP contribution in [-0.2, 0) is 11.2 Å². The summed E-state index contributed by atoms with van der Waals surface area (Å²) >= 11 is 0. The number of rotatable bonds is 4. The van der Waals surface area contributed by atoms with E-state index >= 15 is 0 Å². The molecular weight excluding hydrogens is 214 g/mol. The highest BCUT2D eigenvalue weighted by atomic mass is 16.2. The van der Waals surface area contributed by atoms with E-state index < -0.39 is 6.04 Å². The van der Waals surface area contributed by atoms with Crippen LogP contribution in [0.25, 0.3) is 10.9 Å². The molecule has 0 saturated carbocycles. The number of aromatic amines is 1. The molecule has 4 nitrogen and oxygen atoms in total. The van der Waals surface area contributed by atoms with Gasteiger partial charge in [-0.2, -0.15) is 0 Å². The fraction of sp³-hybridized carbons (Fsp3) is 0.308. The molecule has 4 N–H and O–H groups in total. The van der Waals surface area contributed by atoms with Gasteiger partial charge in [0, 0.05) is 23.6 Å². The van der Waals surface area contributed by atoms with Gasteiger partial charge in [0.2, 0.25) is 5.91 Å². The third-order valence-corrected chi connectivity index (χ3v) is 2.78. The summed E-state index contributed by atoms with van der Waals surface area (Å²) in [6.45, 7) is 2.29. The van der Waals surface area contributed by atoms with E-state index in [0.29, 0.717) is 6.54 Å². The number of nitrogens with one attached hydrogen (secondary N) is 2. The van der Waals surface area contributed by atoms with Gasteiger partial charge < -0.3 is 16.0 Å². The van der Waals surface area contributed by atoms with Crippen LogP contribution >= 0.6 is 0 Å². The first-order valence-electron chi connectivity index (χ1n) is 5.77. The highest BCUT2D eigenvalue weighted by molar-refractivity contribution is 5.83. The van der Waals surface area contributed by atoms with Crippen molar-refractivity contribution >= 4 is 16.8 Å². The lowest BCUT2D eigenvalue weighted by Gasteiger charge is -2.06. The maximum Gasteiger partial charge on any atom is 0.236 e. The fourth-order valence-electron chi connectivity index (χ4n) is 1.82. The molecule has 0 aliphatic heterocycles. The van der Waals surface area contributed by atoms with E-state index in [1.807, 2.05) is 24.4 Å². The van der Waals surface area contributed by atoms with Gasteiger partial charge in [-0.15, -0.1) is 0 Å². The van der Waals surface area contributed by atoms with Crippen LogP contribution in [-0.4, -0.2) is 23.5 Å². The highest BCUT2D eigenvalue weighted by Crippen LogP contribution is 2.17. The van der Waals surface area contributed by atoms with Crippen molar-refractivity contribution in [3.8, 4) is 0 Å². The number of carbonyl (C=O) groups is 1. The minimum absolute atomic E-state index is 0.107. The monoisotopic (exact) mass is 231 g/mol. The SMILES string of the molecule is CC(N)C(=O)NCCc1c[nH]c2ccccc12. The Bertz CT molecular complexity index is 516. The molecule has 1 unspecified atom stereocenters. The lowest BCUT2D eigenvalue weighted by atomic mass is 10.1. The number of para-hydroxylation sites is 1. The Labute approximate surface area is 100 Å². The van der Waals surface area contributed by atoms with E-state index in [-0.39, 0.29) is 5.91 Å². The van der Waals surface area contributed by atoms with Crippen molar-refractivity contribution in [3.05, 3.63) is 36.0 Å². The smallest absolute Gasteiger partial charge is 0.236 e. The third-order valence-electron chi connectivity index (χ3n) is 2.78. The second-order valence-electron chi connectivity index (χ2n) is 4.19. The molecule has 0 bridgehead atoms. The quantitative estimate of drug-likeness (QED) is 0.739. The van der Waals surface area contributed by atoms with Crippen LogP contribution in [0.1, 0.15) is 12.5 Å². The Morgan fingerprint density at radius 2 is 2.24 bits per heavy atom. The fourth-order valence-corrected chi connectivity index (χ4v) is 1.82. The molecule has 0 fully saturated rings. The number of carbonyl (C=O) groups excluding carboxylic acids is 1. The molecule has 1 amide bonds. The van der Waals surface area contributed by atoms with E-state index in [0.717, 1.165) is 11.9 Å². The van der Waals surface area contributed by atoms with Gasteiger partial charge in [-0.05, 0) is 25.0 Å². The van der Waals surface area contributed by atoms with Crippen molar-refractivity contribution in [2.75, 3.05) is 6.54 Å². The normalized spacial score (nSPS) is 12.6. The van der Waals surface area contributed by atoms with E-state index in [9.17, 15) is 4.79 Å². The number of aromatic nitrogens is 1. The molecule has 0 aliphatic rings. The van der Waals surface area contributed by atoms with Gasteiger partial charge in [-0.1, -0.05) is 18.2 Å². The van der Waals surface area contributed by atoms with Crippen LogP contribution in [0.2, 0.25) is 0 Å². The average molecular weight is 231 g/mol. The molecule has 90 valence electrons. The molecule has 0 radical (unpaired) electrons. The molecule has 1 heterocycles. The molecule has 0 saturated heterocycles. The van der Waals surface area contributed by atoms with Crippen molar-refractivity contribution in [2.24, 2.45) is 5.73 Å². The third kappa shape index (κ3) is 2.65. The van der Waals surface area contributed by atoms with E-state index in [4.69, 9.17) is 5.73 Å². The second kappa shape index (κ2) is 5.01. The van der Waals surface area contributed by atoms with Crippen LogP contribution in [0.3, 0.4) is 0 Å². The van der Waals surface area contributed by atoms with E-state index in [1.54, 1.807) is 6.92 Å². The summed E-state index contributed by atoms with van der Waals surface area (Å²) < 4.78 is 0. The van der Waals surface area contributed by atoms with Gasteiger partial charge in [0.05, 0.1) is 6.04 Å². The van der Waals surface area contributed by atoms with Gasteiger partial charge in [-0.3, -0.25) is 4.79 Å². The molecule has 0 spiro atoms. The van der Waals surface area contributed by atoms with Crippen LogP contribution in [0.5, 0.6) is 0 Å². The van der Waals surface area contributed by atoms with Gasteiger partial charge in [-0.25, -0.2) is 0 Å². The first-order chi connectivity index (χ1) is 8.18. The molecule has 2 rings (SSSR count). The lowest BCUT2D eigenvalue weighted by Crippen LogP contribution is -2.39. The second-order valence-corrected chi connectivity index (χ2v) is 4.19. The maximum atomic E-state index is 11.3. The van der Waals surface area contributed by atoms with Gasteiger partial charge in [0.15, 0.2) is 0 Å². The van der Waals surface area contributed by atoms with Crippen molar-refractivity contribution in [1.29, 1.82) is 0 Å². The van der Waals surface area contributed by atoms with Gasteiger partial charge >= 0.3 is 0 Å². The highest BCUT2D eigenvalue weighted by Gasteiger charge is 2.07. The topological polar surface area (TPSA) is 70.9 Å². The summed E-state index contributed by atoms with van der Waals surface area (Å²) in [5, 5.41) is 4.02. The Balaban J connectivity index is 1.98. The van der Waals surface area contributed by atoms with Crippen molar-refractivity contribution in [1.82, 2.24) is 10.3 Å². The number of fused-ring (bicyclic) bond motifs is 1. The summed E-state index contributed by atoms with van der Waals surface area (Å²) in [6, 6.07) is 7.69. The number of hydrogen-bond acceptors (Lipinski definition) is 2. The van der Waals surface area contributed by atoms with E-state index in [1.165, 1.54) is 10.9 Å². The molecule has 1 atom stereocenters. The number of amides is 1. The lowest BCUT2D eigenvalue weighted by molar-refractivity contribution is -0.121. The largest absolute Gasteiger partial charge is 0.361 e. The van der Waals surface area contributed by atoms with Crippen molar-refractivity contribution in [2.45, 2.75) is 19.4 Å². The number of benzene rings is 1. The first kappa shape index (κ1) is 11.7. The van der Waals surface area contributed by atoms with Crippen LogP contribution < -0.4 is 11.1 Å². The zero-order valence-corrected chi connectivity index (χ0v) is 9.86. The van der Waals surface area contributed by atoms with Gasteiger partial charge in [0.1, 0.15) is 0 Å². The standard InChI is InChI=1S/C13H17N3O/c1-9(14)13(17)15-7-6-10-8-16-12-5-3-2-4-11(10)12/h2-5,8-9,16H,6-7,14H2,1H3,(H,15,17). The molecule has 2 aromatic rings. The molecule has 4 heteroatoms. The molecule has 1 aromatic carbocycles. The maximum absolute atomic E-state index is 11.3. The zero-order valence-electron chi connectivity index (χ0n) is 9.86. The summed E-state index contributed by atoms with van der Waals surface area (Å²) in [6.07, 6.45) is 2.80. The number of H-pyrrole nitrogens is 1. The predicted octanol–water partition coefficient (Wildman–Crippen LogP) is 1.17. The first-order valence-corrected chi connectivity index (χ1v) is 5.77. The number of hydrogen-bond donors (Lipinski definition) is 3. The number of nitrogens with two attached hydrogens (primary N) is 1. The minimum Gasteiger partial charge on any atom is -0.361 e. The Hall–Kier alpha value is -1.81. The predicted molar refractivity (Wildman–Crippen MR) is 68.7 cm³/mol. The van der Waals surface area contributed by atoms with Crippen molar-refractivity contribution in [3.63, 3.8) is 0 Å². The molecule has 17 heavy (non-hydrogen) atoms. The molecular formula is C13H17N3O. The molecule has 1 aromatic heterocycles. The minimum atomic E-state index is -0.446. The summed E-state index contributed by atoms with van der Waals surface area (Å²) in [5.74, 6) is -0.107. The zero-order chi connectivity index (χ0) is 12.3. The van der Waals surface area contributed by atoms with Gasteiger partial charge in [0.25, 0.3) is 0 Å². The Kier molecular flexibility index (Phi) is 3.44. The Morgan fingerprint density at radius 3 is 3.00 bits per heavy atom. The van der Waals surface area contributed by atoms with Crippen LogP contribution in [0.4, 0.5) is 0 Å². The molecule has 0 aliphatic carbocycles. The van der Waals surface area contributed by atoms with Crippen LogP contribution in [0.15, 0.2) is 30.5 Å². The van der Waals surface area contributed by atoms with Crippen molar-refractivity contribution < 1.29 is 4.79 Å².